The Morgan fingerprint density at radius 3 is 2.80 bits per heavy atom. The first kappa shape index (κ1) is 17.9. The molecule has 1 N–H and O–H groups in total. The molecule has 2 rings (SSSR count). The highest BCUT2D eigenvalue weighted by Gasteiger charge is 2.18. The number of nitrogens with one attached hydrogen (secondary N) is 1. The molecule has 0 aliphatic carbocycles. The van der Waals surface area contributed by atoms with Gasteiger partial charge in [0.1, 0.15) is 0 Å². The van der Waals surface area contributed by atoms with Crippen LogP contribution in [0.4, 0.5) is 0 Å². The van der Waals surface area contributed by atoms with Crippen molar-refractivity contribution in [3.63, 3.8) is 0 Å². The second-order valence-corrected chi connectivity index (χ2v) is 6.22. The van der Waals surface area contributed by atoms with Crippen molar-refractivity contribution in [2.24, 2.45) is 5.92 Å². The number of methoxy groups -OCH3 is 1. The molecule has 1 aromatic rings. The second-order valence-electron chi connectivity index (χ2n) is 5.28. The minimum atomic E-state index is 0. The van der Waals surface area contributed by atoms with Gasteiger partial charge in [0.2, 0.25) is 0 Å². The van der Waals surface area contributed by atoms with Crippen LogP contribution in [-0.2, 0) is 11.3 Å². The summed E-state index contributed by atoms with van der Waals surface area (Å²) in [6, 6.07) is 0. The average molecular weight is 320 g/mol. The van der Waals surface area contributed by atoms with Gasteiger partial charge in [-0.2, -0.15) is 0 Å². The van der Waals surface area contributed by atoms with E-state index in [-0.39, 0.29) is 12.4 Å². The average Bonchev–Trinajstić information content (AvgIpc) is 2.83. The summed E-state index contributed by atoms with van der Waals surface area (Å²) < 4.78 is 5.24. The summed E-state index contributed by atoms with van der Waals surface area (Å²) in [4.78, 5) is 8.27. The van der Waals surface area contributed by atoms with Gasteiger partial charge < -0.3 is 10.1 Å². The SMILES string of the molecule is COCCN(Cc1scnc1C)CC1CCNCC1.Cl. The molecule has 0 atom stereocenters. The molecule has 0 bridgehead atoms. The Kier molecular flexibility index (Phi) is 8.64. The molecule has 1 aromatic heterocycles. The fraction of sp³-hybridized carbons (Fsp3) is 0.786. The van der Waals surface area contributed by atoms with Crippen LogP contribution in [0, 0.1) is 12.8 Å². The van der Waals surface area contributed by atoms with E-state index in [0.29, 0.717) is 0 Å². The van der Waals surface area contributed by atoms with E-state index in [0.717, 1.165) is 25.6 Å². The highest BCUT2D eigenvalue weighted by molar-refractivity contribution is 7.09. The fourth-order valence-electron chi connectivity index (χ4n) is 2.57. The lowest BCUT2D eigenvalue weighted by Crippen LogP contribution is -2.37. The molecule has 0 amide bonds. The number of piperidine rings is 1. The molecule has 1 fully saturated rings. The third kappa shape index (κ3) is 5.66. The molecule has 2 heterocycles. The van der Waals surface area contributed by atoms with Gasteiger partial charge in [0.25, 0.3) is 0 Å². The molecule has 0 unspecified atom stereocenters. The van der Waals surface area contributed by atoms with Crippen LogP contribution >= 0.6 is 23.7 Å². The van der Waals surface area contributed by atoms with Crippen LogP contribution in [-0.4, -0.2) is 49.8 Å². The fourth-order valence-corrected chi connectivity index (χ4v) is 3.38. The van der Waals surface area contributed by atoms with Gasteiger partial charge in [-0.3, -0.25) is 4.90 Å². The Hall–Kier alpha value is -0.200. The van der Waals surface area contributed by atoms with Crippen molar-refractivity contribution in [3.05, 3.63) is 16.1 Å². The predicted molar refractivity (Wildman–Crippen MR) is 86.8 cm³/mol. The molecule has 0 spiro atoms. The first-order chi connectivity index (χ1) is 9.29. The molecule has 1 aliphatic rings. The summed E-state index contributed by atoms with van der Waals surface area (Å²) >= 11 is 1.77. The molecular weight excluding hydrogens is 294 g/mol. The lowest BCUT2D eigenvalue weighted by Gasteiger charge is -2.29. The summed E-state index contributed by atoms with van der Waals surface area (Å²) in [5, 5.41) is 3.43. The molecule has 0 radical (unpaired) electrons. The van der Waals surface area contributed by atoms with Crippen molar-refractivity contribution < 1.29 is 4.74 Å². The summed E-state index contributed by atoms with van der Waals surface area (Å²) in [5.74, 6) is 0.825. The van der Waals surface area contributed by atoms with Gasteiger partial charge in [-0.1, -0.05) is 0 Å². The number of thiazole rings is 1. The third-order valence-corrected chi connectivity index (χ3v) is 4.72. The van der Waals surface area contributed by atoms with Crippen molar-refractivity contribution >= 4 is 23.7 Å². The number of aromatic nitrogens is 1. The summed E-state index contributed by atoms with van der Waals surface area (Å²) in [5.41, 5.74) is 3.13. The lowest BCUT2D eigenvalue weighted by molar-refractivity contribution is 0.126. The van der Waals surface area contributed by atoms with E-state index in [2.05, 4.69) is 22.1 Å². The van der Waals surface area contributed by atoms with Crippen molar-refractivity contribution in [2.75, 3.05) is 39.9 Å². The number of hydrogen-bond donors (Lipinski definition) is 1. The van der Waals surface area contributed by atoms with Gasteiger partial charge in [0, 0.05) is 31.6 Å². The van der Waals surface area contributed by atoms with Gasteiger partial charge in [-0.25, -0.2) is 4.98 Å². The highest BCUT2D eigenvalue weighted by atomic mass is 35.5. The van der Waals surface area contributed by atoms with Crippen LogP contribution in [0.15, 0.2) is 5.51 Å². The van der Waals surface area contributed by atoms with Gasteiger partial charge in [-0.05, 0) is 38.8 Å². The first-order valence-corrected chi connectivity index (χ1v) is 7.98. The molecular formula is C14H26ClN3OS. The first-order valence-electron chi connectivity index (χ1n) is 7.10. The molecule has 1 saturated heterocycles. The molecule has 20 heavy (non-hydrogen) atoms. The lowest BCUT2D eigenvalue weighted by atomic mass is 9.97. The highest BCUT2D eigenvalue weighted by Crippen LogP contribution is 2.18. The van der Waals surface area contributed by atoms with E-state index < -0.39 is 0 Å². The number of nitrogens with zero attached hydrogens (tertiary/aromatic N) is 2. The monoisotopic (exact) mass is 319 g/mol. The maximum absolute atomic E-state index is 5.24. The van der Waals surface area contributed by atoms with Crippen molar-refractivity contribution in [1.29, 1.82) is 0 Å². The van der Waals surface area contributed by atoms with Crippen LogP contribution in [0.3, 0.4) is 0 Å². The van der Waals surface area contributed by atoms with Crippen LogP contribution in [0.1, 0.15) is 23.4 Å². The van der Waals surface area contributed by atoms with E-state index in [9.17, 15) is 0 Å². The van der Waals surface area contributed by atoms with Gasteiger partial charge in [-0.15, -0.1) is 23.7 Å². The van der Waals surface area contributed by atoms with Crippen molar-refractivity contribution in [2.45, 2.75) is 26.3 Å². The van der Waals surface area contributed by atoms with E-state index in [1.807, 2.05) is 5.51 Å². The Balaban J connectivity index is 0.00000200. The largest absolute Gasteiger partial charge is 0.383 e. The molecule has 6 heteroatoms. The number of halogens is 1. The third-order valence-electron chi connectivity index (χ3n) is 3.80. The molecule has 0 saturated carbocycles. The van der Waals surface area contributed by atoms with Gasteiger partial charge in [0.15, 0.2) is 0 Å². The van der Waals surface area contributed by atoms with E-state index in [4.69, 9.17) is 4.74 Å². The van der Waals surface area contributed by atoms with Crippen LogP contribution in [0.2, 0.25) is 0 Å². The number of ether oxygens (including phenoxy) is 1. The minimum Gasteiger partial charge on any atom is -0.383 e. The van der Waals surface area contributed by atoms with Crippen LogP contribution in [0.5, 0.6) is 0 Å². The van der Waals surface area contributed by atoms with E-state index in [1.165, 1.54) is 43.0 Å². The Morgan fingerprint density at radius 1 is 1.45 bits per heavy atom. The number of aryl methyl sites for hydroxylation is 1. The van der Waals surface area contributed by atoms with E-state index >= 15 is 0 Å². The van der Waals surface area contributed by atoms with Gasteiger partial charge in [0.05, 0.1) is 17.8 Å². The van der Waals surface area contributed by atoms with Crippen LogP contribution < -0.4 is 5.32 Å². The molecule has 4 nitrogen and oxygen atoms in total. The summed E-state index contributed by atoms with van der Waals surface area (Å²) in [7, 11) is 1.78. The Labute approximate surface area is 132 Å². The standard InChI is InChI=1S/C14H25N3OS.ClH/c1-12-14(19-11-16-12)10-17(7-8-18-2)9-13-3-5-15-6-4-13;/h11,13,15H,3-10H2,1-2H3;1H. The number of hydrogen-bond acceptors (Lipinski definition) is 5. The number of rotatable bonds is 7. The zero-order valence-electron chi connectivity index (χ0n) is 12.4. The van der Waals surface area contributed by atoms with E-state index in [1.54, 1.807) is 18.4 Å². The maximum Gasteiger partial charge on any atom is 0.0798 e. The Morgan fingerprint density at radius 2 is 2.20 bits per heavy atom. The Bertz CT molecular complexity index is 369. The maximum atomic E-state index is 5.24. The molecule has 1 aliphatic heterocycles. The smallest absolute Gasteiger partial charge is 0.0798 e. The van der Waals surface area contributed by atoms with Crippen molar-refractivity contribution in [3.8, 4) is 0 Å². The van der Waals surface area contributed by atoms with Crippen molar-refractivity contribution in [1.82, 2.24) is 15.2 Å². The summed E-state index contributed by atoms with van der Waals surface area (Å²) in [6.45, 7) is 8.46. The predicted octanol–water partition coefficient (Wildman–Crippen LogP) is 2.32. The molecule has 0 aromatic carbocycles. The summed E-state index contributed by atoms with van der Waals surface area (Å²) in [6.07, 6.45) is 2.59. The minimum absolute atomic E-state index is 0. The van der Waals surface area contributed by atoms with Crippen LogP contribution in [0.25, 0.3) is 0 Å². The quantitative estimate of drug-likeness (QED) is 0.837. The molecule has 116 valence electrons. The normalized spacial score (nSPS) is 16.4. The van der Waals surface area contributed by atoms with Gasteiger partial charge >= 0.3 is 0 Å². The second kappa shape index (κ2) is 9.68. The topological polar surface area (TPSA) is 37.4 Å². The zero-order chi connectivity index (χ0) is 13.5. The zero-order valence-corrected chi connectivity index (χ0v) is 14.1.